The molecule has 6 nitrogen and oxygen atoms in total. The highest BCUT2D eigenvalue weighted by Crippen LogP contribution is 2.23. The molecule has 0 radical (unpaired) electrons. The molecule has 26 heavy (non-hydrogen) atoms. The van der Waals surface area contributed by atoms with Gasteiger partial charge in [0.15, 0.2) is 5.82 Å². The Kier molecular flexibility index (Phi) is 4.93. The number of anilines is 1. The fourth-order valence-corrected chi connectivity index (χ4v) is 3.20. The predicted molar refractivity (Wildman–Crippen MR) is 98.7 cm³/mol. The van der Waals surface area contributed by atoms with Crippen molar-refractivity contribution in [3.8, 4) is 11.4 Å². The second-order valence-corrected chi connectivity index (χ2v) is 6.53. The largest absolute Gasteiger partial charge is 0.467 e. The number of hydrogen-bond donors (Lipinski definition) is 0. The van der Waals surface area contributed by atoms with Gasteiger partial charge in [0.25, 0.3) is 0 Å². The third-order valence-corrected chi connectivity index (χ3v) is 4.46. The average molecular weight is 350 g/mol. The van der Waals surface area contributed by atoms with Crippen molar-refractivity contribution in [1.82, 2.24) is 15.0 Å². The molecule has 3 aromatic rings. The van der Waals surface area contributed by atoms with Crippen LogP contribution in [-0.2, 0) is 11.3 Å². The maximum Gasteiger partial charge on any atom is 0.163 e. The summed E-state index contributed by atoms with van der Waals surface area (Å²) in [6.07, 6.45) is 7.65. The zero-order chi connectivity index (χ0) is 17.8. The molecular formula is C20H22N4O2. The topological polar surface area (TPSA) is 64.3 Å². The molecule has 1 atom stereocenters. The van der Waals surface area contributed by atoms with Gasteiger partial charge in [0, 0.05) is 42.9 Å². The highest BCUT2D eigenvalue weighted by atomic mass is 16.5. The minimum absolute atomic E-state index is 0.224. The van der Waals surface area contributed by atoms with Gasteiger partial charge < -0.3 is 14.1 Å². The lowest BCUT2D eigenvalue weighted by molar-refractivity contribution is 0.115. The van der Waals surface area contributed by atoms with Crippen LogP contribution in [-0.4, -0.2) is 34.2 Å². The molecule has 1 fully saturated rings. The molecule has 1 unspecified atom stereocenters. The van der Waals surface area contributed by atoms with Gasteiger partial charge in [0.1, 0.15) is 11.6 Å². The fourth-order valence-electron chi connectivity index (χ4n) is 3.20. The first-order valence-electron chi connectivity index (χ1n) is 8.93. The Labute approximate surface area is 152 Å². The van der Waals surface area contributed by atoms with E-state index in [0.717, 1.165) is 48.8 Å². The van der Waals surface area contributed by atoms with Crippen molar-refractivity contribution in [3.05, 3.63) is 60.4 Å². The molecule has 0 N–H and O–H groups in total. The van der Waals surface area contributed by atoms with Crippen molar-refractivity contribution < 1.29 is 9.15 Å². The molecule has 0 saturated carbocycles. The minimum atomic E-state index is 0.224. The van der Waals surface area contributed by atoms with Gasteiger partial charge in [-0.05, 0) is 44.0 Å². The number of hydrogen-bond acceptors (Lipinski definition) is 6. The summed E-state index contributed by atoms with van der Waals surface area (Å²) < 4.78 is 11.4. The lowest BCUT2D eigenvalue weighted by Gasteiger charge is -2.26. The molecule has 1 saturated heterocycles. The lowest BCUT2D eigenvalue weighted by Crippen LogP contribution is -2.32. The van der Waals surface area contributed by atoms with Crippen molar-refractivity contribution in [2.24, 2.45) is 0 Å². The number of aromatic nitrogens is 3. The Morgan fingerprint density at radius 1 is 1.23 bits per heavy atom. The molecule has 1 aliphatic rings. The highest BCUT2D eigenvalue weighted by molar-refractivity contribution is 5.56. The number of furan rings is 1. The van der Waals surface area contributed by atoms with E-state index in [1.165, 1.54) is 0 Å². The summed E-state index contributed by atoms with van der Waals surface area (Å²) in [4.78, 5) is 15.8. The van der Waals surface area contributed by atoms with Crippen molar-refractivity contribution >= 4 is 5.82 Å². The fraction of sp³-hybridized carbons (Fsp3) is 0.350. The third-order valence-electron chi connectivity index (χ3n) is 4.46. The zero-order valence-corrected chi connectivity index (χ0v) is 14.8. The summed E-state index contributed by atoms with van der Waals surface area (Å²) in [6, 6.07) is 9.78. The summed E-state index contributed by atoms with van der Waals surface area (Å²) in [5.41, 5.74) is 1.83. The zero-order valence-electron chi connectivity index (χ0n) is 14.8. The van der Waals surface area contributed by atoms with E-state index in [2.05, 4.69) is 14.9 Å². The number of aryl methyl sites for hydroxylation is 1. The average Bonchev–Trinajstić information content (AvgIpc) is 3.35. The third kappa shape index (κ3) is 3.91. The van der Waals surface area contributed by atoms with Crippen LogP contribution in [0.4, 0.5) is 5.82 Å². The van der Waals surface area contributed by atoms with Crippen LogP contribution in [0.15, 0.2) is 53.4 Å². The first-order valence-corrected chi connectivity index (χ1v) is 8.93. The second-order valence-electron chi connectivity index (χ2n) is 6.53. The predicted octanol–water partition coefficient (Wildman–Crippen LogP) is 3.63. The Morgan fingerprint density at radius 2 is 2.19 bits per heavy atom. The molecular weight excluding hydrogens is 328 g/mol. The van der Waals surface area contributed by atoms with E-state index in [1.807, 2.05) is 37.3 Å². The van der Waals surface area contributed by atoms with E-state index in [9.17, 15) is 0 Å². The molecule has 1 aliphatic heterocycles. The van der Waals surface area contributed by atoms with E-state index in [-0.39, 0.29) is 6.10 Å². The van der Waals surface area contributed by atoms with Crippen LogP contribution < -0.4 is 4.90 Å². The maximum atomic E-state index is 5.84. The standard InChI is InChI=1S/C20H22N4O2/c1-15-11-19(23-20(22-15)16-5-2-8-21-12-16)24(13-17-6-3-9-25-17)14-18-7-4-10-26-18/h2-3,5-6,8-9,11-12,18H,4,7,10,13-14H2,1H3. The van der Waals surface area contributed by atoms with Crippen LogP contribution >= 0.6 is 0 Å². The van der Waals surface area contributed by atoms with Crippen LogP contribution in [0.5, 0.6) is 0 Å². The molecule has 0 aromatic carbocycles. The Bertz CT molecular complexity index is 830. The van der Waals surface area contributed by atoms with Gasteiger partial charge in [-0.1, -0.05) is 0 Å². The number of pyridine rings is 1. The van der Waals surface area contributed by atoms with E-state index < -0.39 is 0 Å². The molecule has 0 amide bonds. The Morgan fingerprint density at radius 3 is 2.92 bits per heavy atom. The molecule has 134 valence electrons. The molecule has 0 aliphatic carbocycles. The van der Waals surface area contributed by atoms with E-state index in [0.29, 0.717) is 12.4 Å². The van der Waals surface area contributed by atoms with Gasteiger partial charge in [0.05, 0.1) is 18.9 Å². The summed E-state index contributed by atoms with van der Waals surface area (Å²) in [6.45, 7) is 4.25. The van der Waals surface area contributed by atoms with E-state index in [1.54, 1.807) is 18.7 Å². The molecule has 3 aromatic heterocycles. The number of nitrogens with zero attached hydrogens (tertiary/aromatic N) is 4. The summed E-state index contributed by atoms with van der Waals surface area (Å²) in [5, 5.41) is 0. The SMILES string of the molecule is Cc1cc(N(Cc2ccco2)CC2CCCO2)nc(-c2cccnc2)n1. The molecule has 6 heteroatoms. The van der Waals surface area contributed by atoms with Crippen molar-refractivity contribution in [3.63, 3.8) is 0 Å². The normalized spacial score (nSPS) is 16.7. The van der Waals surface area contributed by atoms with Crippen LogP contribution in [0.3, 0.4) is 0 Å². The summed E-state index contributed by atoms with van der Waals surface area (Å²) in [7, 11) is 0. The van der Waals surface area contributed by atoms with E-state index in [4.69, 9.17) is 14.1 Å². The van der Waals surface area contributed by atoms with Crippen molar-refractivity contribution in [2.75, 3.05) is 18.1 Å². The van der Waals surface area contributed by atoms with Gasteiger partial charge >= 0.3 is 0 Å². The smallest absolute Gasteiger partial charge is 0.163 e. The van der Waals surface area contributed by atoms with Crippen molar-refractivity contribution in [1.29, 1.82) is 0 Å². The highest BCUT2D eigenvalue weighted by Gasteiger charge is 2.22. The van der Waals surface area contributed by atoms with Gasteiger partial charge in [-0.2, -0.15) is 0 Å². The van der Waals surface area contributed by atoms with Gasteiger partial charge in [-0.15, -0.1) is 0 Å². The number of ether oxygens (including phenoxy) is 1. The quantitative estimate of drug-likeness (QED) is 0.676. The van der Waals surface area contributed by atoms with Crippen molar-refractivity contribution in [2.45, 2.75) is 32.4 Å². The first kappa shape index (κ1) is 16.7. The van der Waals surface area contributed by atoms with Crippen LogP contribution in [0.1, 0.15) is 24.3 Å². The molecule has 0 bridgehead atoms. The Hall–Kier alpha value is -2.73. The summed E-state index contributed by atoms with van der Waals surface area (Å²) in [5.74, 6) is 2.47. The van der Waals surface area contributed by atoms with Gasteiger partial charge in [-0.3, -0.25) is 4.98 Å². The van der Waals surface area contributed by atoms with Gasteiger partial charge in [0.2, 0.25) is 0 Å². The summed E-state index contributed by atoms with van der Waals surface area (Å²) >= 11 is 0. The Balaban J connectivity index is 1.66. The molecule has 4 heterocycles. The van der Waals surface area contributed by atoms with E-state index >= 15 is 0 Å². The number of rotatable bonds is 6. The van der Waals surface area contributed by atoms with Crippen LogP contribution in [0, 0.1) is 6.92 Å². The second kappa shape index (κ2) is 7.66. The maximum absolute atomic E-state index is 5.84. The van der Waals surface area contributed by atoms with Crippen LogP contribution in [0.2, 0.25) is 0 Å². The first-order chi connectivity index (χ1) is 12.8. The monoisotopic (exact) mass is 350 g/mol. The molecule has 4 rings (SSSR count). The molecule has 0 spiro atoms. The minimum Gasteiger partial charge on any atom is -0.467 e. The van der Waals surface area contributed by atoms with Crippen LogP contribution in [0.25, 0.3) is 11.4 Å². The lowest BCUT2D eigenvalue weighted by atomic mass is 10.2. The van der Waals surface area contributed by atoms with Gasteiger partial charge in [-0.25, -0.2) is 9.97 Å².